The van der Waals surface area contributed by atoms with E-state index in [4.69, 9.17) is 15.6 Å². The Morgan fingerprint density at radius 3 is 2.25 bits per heavy atom. The molecule has 0 saturated carbocycles. The van der Waals surface area contributed by atoms with E-state index in [9.17, 15) is 31.5 Å². The number of amides is 1. The number of thiophene rings is 1. The fourth-order valence-electron chi connectivity index (χ4n) is 2.69. The first-order chi connectivity index (χ1) is 16.9. The zero-order chi connectivity index (χ0) is 27.0. The van der Waals surface area contributed by atoms with Gasteiger partial charge in [0.2, 0.25) is 0 Å². The van der Waals surface area contributed by atoms with Gasteiger partial charge in [-0.2, -0.15) is 27.1 Å². The van der Waals surface area contributed by atoms with Gasteiger partial charge < -0.3 is 16.2 Å². The third-order valence-corrected chi connectivity index (χ3v) is 5.66. The molecule has 9 nitrogen and oxygen atoms in total. The van der Waals surface area contributed by atoms with E-state index in [1.807, 2.05) is 24.3 Å². The number of benzene rings is 1. The van der Waals surface area contributed by atoms with Gasteiger partial charge in [0.25, 0.3) is 12.0 Å². The van der Waals surface area contributed by atoms with Gasteiger partial charge in [-0.3, -0.25) is 9.36 Å². The number of carbonyl (C=O) groups excluding carboxylic acids is 1. The molecule has 1 amide bonds. The molecule has 2 heterocycles. The number of carboxylic acid groups (broad SMARTS) is 1. The standard InChI is InChI=1S/C19H19F2N5O2S.C2HF3O2/c1-23-18(27)13-4-2-12(3-5-13)16-7-6-15(29-16)10-25-11-24-26(19(25)28)9-14(8-22)17(20)21;3-2(4,5)1(6)7/h2-7,11H,8-10,22H2,1H3,(H,23,27);(H,6,7). The van der Waals surface area contributed by atoms with Gasteiger partial charge in [0.1, 0.15) is 6.33 Å². The van der Waals surface area contributed by atoms with E-state index in [2.05, 4.69) is 10.4 Å². The number of halogens is 5. The number of carbonyl (C=O) groups is 2. The van der Waals surface area contributed by atoms with Gasteiger partial charge in [-0.25, -0.2) is 14.3 Å². The van der Waals surface area contributed by atoms with Crippen molar-refractivity contribution in [2.45, 2.75) is 19.3 Å². The Morgan fingerprint density at radius 1 is 1.14 bits per heavy atom. The van der Waals surface area contributed by atoms with Gasteiger partial charge in [0, 0.05) is 34.5 Å². The summed E-state index contributed by atoms with van der Waals surface area (Å²) in [5, 5.41) is 13.6. The highest BCUT2D eigenvalue weighted by molar-refractivity contribution is 7.15. The summed E-state index contributed by atoms with van der Waals surface area (Å²) in [5.41, 5.74) is 6.00. The summed E-state index contributed by atoms with van der Waals surface area (Å²) in [4.78, 5) is 34.8. The molecule has 0 atom stereocenters. The molecular formula is C21H20F5N5O4S. The van der Waals surface area contributed by atoms with Crippen molar-refractivity contribution >= 4 is 23.2 Å². The number of carboxylic acids is 1. The van der Waals surface area contributed by atoms with E-state index >= 15 is 0 Å². The molecule has 15 heteroatoms. The second kappa shape index (κ2) is 12.2. The zero-order valence-electron chi connectivity index (χ0n) is 18.6. The molecule has 0 aliphatic heterocycles. The number of rotatable bonds is 7. The van der Waals surface area contributed by atoms with Crippen LogP contribution in [-0.4, -0.2) is 51.1 Å². The van der Waals surface area contributed by atoms with E-state index in [-0.39, 0.29) is 31.1 Å². The molecule has 0 unspecified atom stereocenters. The lowest BCUT2D eigenvalue weighted by Gasteiger charge is -2.02. The molecule has 194 valence electrons. The van der Waals surface area contributed by atoms with E-state index in [1.54, 1.807) is 19.2 Å². The number of nitrogens with two attached hydrogens (primary N) is 1. The molecule has 1 aromatic carbocycles. The number of nitrogens with zero attached hydrogens (tertiary/aromatic N) is 3. The van der Waals surface area contributed by atoms with Gasteiger partial charge in [-0.15, -0.1) is 11.3 Å². The van der Waals surface area contributed by atoms with Crippen molar-refractivity contribution in [3.63, 3.8) is 0 Å². The second-order valence-corrected chi connectivity index (χ2v) is 8.16. The fraction of sp³-hybridized carbons (Fsp3) is 0.238. The molecule has 2 aromatic heterocycles. The molecular weight excluding hydrogens is 513 g/mol. The first-order valence-corrected chi connectivity index (χ1v) is 10.8. The third-order valence-electron chi connectivity index (χ3n) is 4.54. The van der Waals surface area contributed by atoms with Crippen molar-refractivity contribution < 1.29 is 36.6 Å². The monoisotopic (exact) mass is 533 g/mol. The molecule has 0 aliphatic carbocycles. The molecule has 0 bridgehead atoms. The van der Waals surface area contributed by atoms with Crippen LogP contribution in [-0.2, 0) is 17.9 Å². The molecule has 0 radical (unpaired) electrons. The van der Waals surface area contributed by atoms with Crippen molar-refractivity contribution in [3.8, 4) is 10.4 Å². The summed E-state index contributed by atoms with van der Waals surface area (Å²) in [6.07, 6.45) is -5.65. The number of alkyl halides is 3. The molecule has 3 rings (SSSR count). The average molecular weight is 533 g/mol. The summed E-state index contributed by atoms with van der Waals surface area (Å²) >= 11 is 1.50. The summed E-state index contributed by atoms with van der Waals surface area (Å²) in [6, 6.07) is 11.0. The lowest BCUT2D eigenvalue weighted by Crippen LogP contribution is -2.27. The Kier molecular flexibility index (Phi) is 9.63. The van der Waals surface area contributed by atoms with Crippen LogP contribution in [0.4, 0.5) is 22.0 Å². The van der Waals surface area contributed by atoms with Crippen molar-refractivity contribution in [2.75, 3.05) is 13.6 Å². The number of hydrogen-bond acceptors (Lipinski definition) is 6. The van der Waals surface area contributed by atoms with Gasteiger partial charge in [0.05, 0.1) is 13.1 Å². The van der Waals surface area contributed by atoms with Crippen LogP contribution in [0.3, 0.4) is 0 Å². The van der Waals surface area contributed by atoms with E-state index in [0.717, 1.165) is 20.0 Å². The Morgan fingerprint density at radius 2 is 1.75 bits per heavy atom. The van der Waals surface area contributed by atoms with Crippen molar-refractivity contribution in [1.82, 2.24) is 19.7 Å². The topological polar surface area (TPSA) is 132 Å². The lowest BCUT2D eigenvalue weighted by atomic mass is 10.1. The second-order valence-electron chi connectivity index (χ2n) is 6.99. The zero-order valence-corrected chi connectivity index (χ0v) is 19.4. The fourth-order valence-corrected chi connectivity index (χ4v) is 3.70. The predicted octanol–water partition coefficient (Wildman–Crippen LogP) is 2.92. The maximum Gasteiger partial charge on any atom is 0.490 e. The SMILES string of the molecule is CNC(=O)c1ccc(-c2ccc(Cn3cnn(CC(CN)=C(F)F)c3=O)s2)cc1.O=C(O)C(F)(F)F. The molecule has 36 heavy (non-hydrogen) atoms. The summed E-state index contributed by atoms with van der Waals surface area (Å²) < 4.78 is 59.6. The Bertz CT molecular complexity index is 1290. The minimum Gasteiger partial charge on any atom is -0.475 e. The maximum atomic E-state index is 12.8. The van der Waals surface area contributed by atoms with Crippen LogP contribution >= 0.6 is 11.3 Å². The maximum absolute atomic E-state index is 12.8. The van der Waals surface area contributed by atoms with Crippen molar-refractivity contribution in [3.05, 3.63) is 75.3 Å². The number of hydrogen-bond donors (Lipinski definition) is 3. The Hall–Kier alpha value is -3.85. The van der Waals surface area contributed by atoms with Crippen LogP contribution in [0.15, 0.2) is 59.2 Å². The first kappa shape index (κ1) is 28.4. The van der Waals surface area contributed by atoms with Gasteiger partial charge >= 0.3 is 17.8 Å². The van der Waals surface area contributed by atoms with E-state index in [1.165, 1.54) is 22.2 Å². The largest absolute Gasteiger partial charge is 0.490 e. The first-order valence-electron chi connectivity index (χ1n) is 9.94. The summed E-state index contributed by atoms with van der Waals surface area (Å²) in [7, 11) is 1.58. The summed E-state index contributed by atoms with van der Waals surface area (Å²) in [5.74, 6) is -2.91. The predicted molar refractivity (Wildman–Crippen MR) is 121 cm³/mol. The molecule has 3 aromatic rings. The lowest BCUT2D eigenvalue weighted by molar-refractivity contribution is -0.192. The summed E-state index contributed by atoms with van der Waals surface area (Å²) in [6.45, 7) is -0.397. The van der Waals surface area contributed by atoms with Crippen LogP contribution < -0.4 is 16.7 Å². The van der Waals surface area contributed by atoms with Crippen LogP contribution in [0.2, 0.25) is 0 Å². The third kappa shape index (κ3) is 7.58. The minimum atomic E-state index is -5.08. The van der Waals surface area contributed by atoms with E-state index < -0.39 is 23.9 Å². The molecule has 0 fully saturated rings. The van der Waals surface area contributed by atoms with E-state index in [0.29, 0.717) is 5.56 Å². The van der Waals surface area contributed by atoms with Crippen LogP contribution in [0.25, 0.3) is 10.4 Å². The normalized spacial score (nSPS) is 10.9. The minimum absolute atomic E-state index is 0.153. The highest BCUT2D eigenvalue weighted by atomic mass is 32.1. The average Bonchev–Trinajstić information content (AvgIpc) is 3.44. The highest BCUT2D eigenvalue weighted by Gasteiger charge is 2.38. The van der Waals surface area contributed by atoms with Crippen molar-refractivity contribution in [1.29, 1.82) is 0 Å². The number of aromatic nitrogens is 3. The quantitative estimate of drug-likeness (QED) is 0.400. The molecule has 4 N–H and O–H groups in total. The van der Waals surface area contributed by atoms with Crippen LogP contribution in [0.5, 0.6) is 0 Å². The van der Waals surface area contributed by atoms with Gasteiger partial charge in [0.15, 0.2) is 0 Å². The van der Waals surface area contributed by atoms with Gasteiger partial charge in [-0.05, 0) is 29.8 Å². The number of aliphatic carboxylic acids is 1. The molecule has 0 saturated heterocycles. The Balaban J connectivity index is 0.000000572. The van der Waals surface area contributed by atoms with Crippen LogP contribution in [0.1, 0.15) is 15.2 Å². The van der Waals surface area contributed by atoms with Gasteiger partial charge in [-0.1, -0.05) is 12.1 Å². The molecule has 0 spiro atoms. The Labute approximate surface area is 204 Å². The number of nitrogens with one attached hydrogen (secondary N) is 1. The smallest absolute Gasteiger partial charge is 0.475 e. The highest BCUT2D eigenvalue weighted by Crippen LogP contribution is 2.28. The van der Waals surface area contributed by atoms with Crippen LogP contribution in [0, 0.1) is 0 Å². The molecule has 0 aliphatic rings. The van der Waals surface area contributed by atoms with Crippen molar-refractivity contribution in [2.24, 2.45) is 5.73 Å².